The third-order valence-corrected chi connectivity index (χ3v) is 5.34. The molecule has 0 spiro atoms. The van der Waals surface area contributed by atoms with E-state index in [0.29, 0.717) is 6.04 Å². The summed E-state index contributed by atoms with van der Waals surface area (Å²) < 4.78 is 5.53. The van der Waals surface area contributed by atoms with Gasteiger partial charge in [0.1, 0.15) is 5.76 Å². The second kappa shape index (κ2) is 6.59. The van der Waals surface area contributed by atoms with E-state index in [1.807, 2.05) is 17.4 Å². The highest BCUT2D eigenvalue weighted by atomic mass is 32.1. The summed E-state index contributed by atoms with van der Waals surface area (Å²) in [5, 5.41) is 3.68. The van der Waals surface area contributed by atoms with Crippen LogP contribution in [-0.4, -0.2) is 6.54 Å². The number of fused-ring (bicyclic) bond motifs is 1. The average Bonchev–Trinajstić information content (AvgIpc) is 3.12. The Morgan fingerprint density at radius 1 is 1.35 bits per heavy atom. The fourth-order valence-electron chi connectivity index (χ4n) is 2.91. The summed E-state index contributed by atoms with van der Waals surface area (Å²) in [6, 6.07) is 6.89. The molecule has 0 saturated carbocycles. The van der Waals surface area contributed by atoms with E-state index in [2.05, 4.69) is 24.4 Å². The third kappa shape index (κ3) is 3.15. The van der Waals surface area contributed by atoms with E-state index in [1.54, 1.807) is 16.7 Å². The van der Waals surface area contributed by atoms with Crippen LogP contribution in [0.4, 0.5) is 0 Å². The van der Waals surface area contributed by atoms with E-state index in [1.165, 1.54) is 37.0 Å². The van der Waals surface area contributed by atoms with Gasteiger partial charge in [-0.3, -0.25) is 0 Å². The molecule has 0 aliphatic heterocycles. The van der Waals surface area contributed by atoms with Crippen LogP contribution in [0.2, 0.25) is 0 Å². The van der Waals surface area contributed by atoms with Crippen molar-refractivity contribution in [3.05, 3.63) is 45.5 Å². The number of furan rings is 1. The van der Waals surface area contributed by atoms with Crippen LogP contribution in [-0.2, 0) is 19.3 Å². The van der Waals surface area contributed by atoms with Gasteiger partial charge in [0, 0.05) is 22.2 Å². The predicted octanol–water partition coefficient (Wildman–Crippen LogP) is 4.50. The van der Waals surface area contributed by atoms with Gasteiger partial charge in [-0.15, -0.1) is 11.3 Å². The number of thiophene rings is 1. The van der Waals surface area contributed by atoms with Crippen molar-refractivity contribution in [2.75, 3.05) is 6.54 Å². The van der Waals surface area contributed by atoms with Crippen molar-refractivity contribution in [1.29, 1.82) is 0 Å². The van der Waals surface area contributed by atoms with Gasteiger partial charge in [-0.25, -0.2) is 0 Å². The summed E-state index contributed by atoms with van der Waals surface area (Å²) in [7, 11) is 0. The predicted molar refractivity (Wildman–Crippen MR) is 84.4 cm³/mol. The number of hydrogen-bond acceptors (Lipinski definition) is 3. The molecule has 1 atom stereocenters. The van der Waals surface area contributed by atoms with Crippen molar-refractivity contribution in [1.82, 2.24) is 5.32 Å². The van der Waals surface area contributed by atoms with Crippen LogP contribution in [0, 0.1) is 0 Å². The standard InChI is InChI=1S/C17H23NOS/c1-2-9-18-15(12-14-7-5-10-19-14)17-11-13-6-3-4-8-16(13)20-17/h5,7,10-11,15,18H,2-4,6,8-9,12H2,1H3. The smallest absolute Gasteiger partial charge is 0.105 e. The first-order chi connectivity index (χ1) is 9.86. The first-order valence-electron chi connectivity index (χ1n) is 7.74. The minimum Gasteiger partial charge on any atom is -0.469 e. The molecule has 2 aromatic heterocycles. The molecule has 1 aliphatic rings. The second-order valence-corrected chi connectivity index (χ2v) is 6.76. The molecule has 2 heterocycles. The molecule has 20 heavy (non-hydrogen) atoms. The summed E-state index contributed by atoms with van der Waals surface area (Å²) in [5.41, 5.74) is 1.60. The maximum absolute atomic E-state index is 5.53. The second-order valence-electron chi connectivity index (χ2n) is 5.59. The topological polar surface area (TPSA) is 25.2 Å². The van der Waals surface area contributed by atoms with E-state index in [4.69, 9.17) is 4.42 Å². The van der Waals surface area contributed by atoms with Gasteiger partial charge in [0.15, 0.2) is 0 Å². The lowest BCUT2D eigenvalue weighted by Crippen LogP contribution is -2.23. The number of hydrogen-bond donors (Lipinski definition) is 1. The zero-order chi connectivity index (χ0) is 13.8. The Bertz CT molecular complexity index is 506. The highest BCUT2D eigenvalue weighted by Crippen LogP contribution is 2.34. The molecule has 1 unspecified atom stereocenters. The molecule has 0 aromatic carbocycles. The van der Waals surface area contributed by atoms with Gasteiger partial charge < -0.3 is 9.73 Å². The van der Waals surface area contributed by atoms with E-state index < -0.39 is 0 Å². The van der Waals surface area contributed by atoms with Gasteiger partial charge in [0.05, 0.1) is 6.26 Å². The highest BCUT2D eigenvalue weighted by molar-refractivity contribution is 7.12. The Labute approximate surface area is 125 Å². The van der Waals surface area contributed by atoms with Crippen LogP contribution in [0.5, 0.6) is 0 Å². The van der Waals surface area contributed by atoms with Crippen molar-refractivity contribution in [3.8, 4) is 0 Å². The lowest BCUT2D eigenvalue weighted by Gasteiger charge is -2.15. The largest absolute Gasteiger partial charge is 0.469 e. The zero-order valence-corrected chi connectivity index (χ0v) is 13.0. The van der Waals surface area contributed by atoms with Crippen LogP contribution >= 0.6 is 11.3 Å². The quantitative estimate of drug-likeness (QED) is 0.847. The van der Waals surface area contributed by atoms with Crippen molar-refractivity contribution in [2.45, 2.75) is 51.5 Å². The van der Waals surface area contributed by atoms with E-state index >= 15 is 0 Å². The summed E-state index contributed by atoms with van der Waals surface area (Å²) in [6.45, 7) is 3.28. The Kier molecular flexibility index (Phi) is 4.58. The molecule has 0 radical (unpaired) electrons. The molecule has 2 aromatic rings. The van der Waals surface area contributed by atoms with Gasteiger partial charge in [0.2, 0.25) is 0 Å². The molecule has 1 N–H and O–H groups in total. The molecule has 0 amide bonds. The highest BCUT2D eigenvalue weighted by Gasteiger charge is 2.20. The maximum atomic E-state index is 5.53. The minimum absolute atomic E-state index is 0.400. The third-order valence-electron chi connectivity index (χ3n) is 3.99. The Morgan fingerprint density at radius 2 is 2.25 bits per heavy atom. The molecule has 0 fully saturated rings. The van der Waals surface area contributed by atoms with E-state index in [9.17, 15) is 0 Å². The van der Waals surface area contributed by atoms with E-state index in [0.717, 1.165) is 18.7 Å². The summed E-state index contributed by atoms with van der Waals surface area (Å²) >= 11 is 2.01. The van der Waals surface area contributed by atoms with Gasteiger partial charge in [-0.1, -0.05) is 6.92 Å². The first-order valence-corrected chi connectivity index (χ1v) is 8.55. The van der Waals surface area contributed by atoms with Crippen LogP contribution in [0.3, 0.4) is 0 Å². The van der Waals surface area contributed by atoms with Gasteiger partial charge in [-0.05, 0) is 62.4 Å². The van der Waals surface area contributed by atoms with Gasteiger partial charge >= 0.3 is 0 Å². The first kappa shape index (κ1) is 13.9. The zero-order valence-electron chi connectivity index (χ0n) is 12.2. The molecule has 0 saturated heterocycles. The van der Waals surface area contributed by atoms with Crippen LogP contribution in [0.25, 0.3) is 0 Å². The van der Waals surface area contributed by atoms with Crippen molar-refractivity contribution >= 4 is 11.3 Å². The van der Waals surface area contributed by atoms with Gasteiger partial charge in [0.25, 0.3) is 0 Å². The Morgan fingerprint density at radius 3 is 3.00 bits per heavy atom. The minimum atomic E-state index is 0.400. The molecule has 3 rings (SSSR count). The van der Waals surface area contributed by atoms with Crippen molar-refractivity contribution < 1.29 is 4.42 Å². The SMILES string of the molecule is CCCNC(Cc1ccco1)c1cc2c(s1)CCCC2. The Balaban J connectivity index is 1.78. The summed E-state index contributed by atoms with van der Waals surface area (Å²) in [6.07, 6.45) is 9.15. The number of nitrogens with one attached hydrogen (secondary N) is 1. The van der Waals surface area contributed by atoms with Crippen molar-refractivity contribution in [2.24, 2.45) is 0 Å². The fraction of sp³-hybridized carbons (Fsp3) is 0.529. The van der Waals surface area contributed by atoms with E-state index in [-0.39, 0.29) is 0 Å². The monoisotopic (exact) mass is 289 g/mol. The molecule has 3 heteroatoms. The van der Waals surface area contributed by atoms with Crippen LogP contribution in [0.1, 0.15) is 53.3 Å². The maximum Gasteiger partial charge on any atom is 0.105 e. The fourth-order valence-corrected chi connectivity index (χ4v) is 4.24. The average molecular weight is 289 g/mol. The Hall–Kier alpha value is -1.06. The molecule has 108 valence electrons. The lowest BCUT2D eigenvalue weighted by atomic mass is 9.98. The molecular weight excluding hydrogens is 266 g/mol. The molecule has 1 aliphatic carbocycles. The molecule has 0 bridgehead atoms. The number of rotatable bonds is 6. The van der Waals surface area contributed by atoms with Crippen LogP contribution < -0.4 is 5.32 Å². The van der Waals surface area contributed by atoms with Crippen LogP contribution in [0.15, 0.2) is 28.9 Å². The summed E-state index contributed by atoms with van der Waals surface area (Å²) in [4.78, 5) is 3.11. The number of aryl methyl sites for hydroxylation is 2. The van der Waals surface area contributed by atoms with Gasteiger partial charge in [-0.2, -0.15) is 0 Å². The molecular formula is C17H23NOS. The van der Waals surface area contributed by atoms with Crippen molar-refractivity contribution in [3.63, 3.8) is 0 Å². The summed E-state index contributed by atoms with van der Waals surface area (Å²) in [5.74, 6) is 1.07. The molecule has 2 nitrogen and oxygen atoms in total. The lowest BCUT2D eigenvalue weighted by molar-refractivity contribution is 0.452. The normalized spacial score (nSPS) is 16.1.